The van der Waals surface area contributed by atoms with Gasteiger partial charge in [0.25, 0.3) is 0 Å². The van der Waals surface area contributed by atoms with E-state index in [0.29, 0.717) is 0 Å². The fourth-order valence-electron chi connectivity index (χ4n) is 2.41. The number of quaternary nitrogens is 1. The second-order valence-electron chi connectivity index (χ2n) is 4.86. The molecule has 20 heavy (non-hydrogen) atoms. The highest BCUT2D eigenvalue weighted by Gasteiger charge is 2.30. The summed E-state index contributed by atoms with van der Waals surface area (Å²) >= 11 is 3.44. The van der Waals surface area contributed by atoms with Crippen molar-refractivity contribution in [3.63, 3.8) is 0 Å². The van der Waals surface area contributed by atoms with Crippen LogP contribution in [-0.2, 0) is 4.94 Å². The van der Waals surface area contributed by atoms with Crippen molar-refractivity contribution < 1.29 is 10.2 Å². The minimum Gasteiger partial charge on any atom is -0.593 e. The Kier molecular flexibility index (Phi) is 3.43. The van der Waals surface area contributed by atoms with Crippen LogP contribution >= 0.6 is 22.7 Å². The summed E-state index contributed by atoms with van der Waals surface area (Å²) < 4.78 is 0. The van der Waals surface area contributed by atoms with Crippen LogP contribution in [0.15, 0.2) is 18.3 Å². The maximum absolute atomic E-state index is 11.7. The third-order valence-corrected chi connectivity index (χ3v) is 5.13. The number of anilines is 1. The standard InChI is InChI=1S/C14H16N2O2S2/c1-8-5-12(10(3)19-8)14-7-15(17)18-16(14)13-6-9(2)20-11(13)4/h5-7,15H,1-4H3. The largest absolute Gasteiger partial charge is 0.593 e. The van der Waals surface area contributed by atoms with Gasteiger partial charge in [-0.2, -0.15) is 10.3 Å². The first-order valence-electron chi connectivity index (χ1n) is 6.34. The first kappa shape index (κ1) is 13.8. The fraction of sp³-hybridized carbons (Fsp3) is 0.286. The van der Waals surface area contributed by atoms with Crippen molar-refractivity contribution in [1.82, 2.24) is 0 Å². The lowest BCUT2D eigenvalue weighted by Gasteiger charge is -2.18. The van der Waals surface area contributed by atoms with Crippen molar-refractivity contribution in [1.29, 1.82) is 0 Å². The molecule has 2 aromatic heterocycles. The summed E-state index contributed by atoms with van der Waals surface area (Å²) in [6.07, 6.45) is 1.57. The van der Waals surface area contributed by atoms with Gasteiger partial charge in [0.1, 0.15) is 5.70 Å². The lowest BCUT2D eigenvalue weighted by atomic mass is 10.2. The molecule has 0 saturated carbocycles. The van der Waals surface area contributed by atoms with Crippen LogP contribution in [0.3, 0.4) is 0 Å². The molecule has 1 atom stereocenters. The van der Waals surface area contributed by atoms with Crippen molar-refractivity contribution in [2.75, 3.05) is 5.06 Å². The maximum Gasteiger partial charge on any atom is 0.157 e. The van der Waals surface area contributed by atoms with Crippen LogP contribution in [0.5, 0.6) is 0 Å². The molecule has 6 heteroatoms. The average Bonchev–Trinajstić information content (AvgIpc) is 2.97. The number of rotatable bonds is 2. The number of nitrogens with one attached hydrogen (secondary N) is 1. The van der Waals surface area contributed by atoms with Gasteiger partial charge in [0.15, 0.2) is 6.20 Å². The van der Waals surface area contributed by atoms with E-state index < -0.39 is 0 Å². The van der Waals surface area contributed by atoms with E-state index in [4.69, 9.17) is 4.94 Å². The summed E-state index contributed by atoms with van der Waals surface area (Å²) in [4.78, 5) is 10.2. The predicted octanol–water partition coefficient (Wildman–Crippen LogP) is 3.09. The van der Waals surface area contributed by atoms with Gasteiger partial charge in [-0.3, -0.25) is 0 Å². The van der Waals surface area contributed by atoms with E-state index in [0.717, 1.165) is 21.8 Å². The van der Waals surface area contributed by atoms with Crippen LogP contribution in [0.25, 0.3) is 5.70 Å². The van der Waals surface area contributed by atoms with Gasteiger partial charge < -0.3 is 5.21 Å². The summed E-state index contributed by atoms with van der Waals surface area (Å²) in [5.74, 6) is 0. The smallest absolute Gasteiger partial charge is 0.157 e. The van der Waals surface area contributed by atoms with Gasteiger partial charge in [-0.15, -0.1) is 22.7 Å². The first-order chi connectivity index (χ1) is 9.45. The third kappa shape index (κ3) is 2.30. The first-order valence-corrected chi connectivity index (χ1v) is 7.97. The van der Waals surface area contributed by atoms with Gasteiger partial charge in [-0.05, 0) is 39.8 Å². The molecule has 0 saturated heterocycles. The van der Waals surface area contributed by atoms with Crippen molar-refractivity contribution in [2.45, 2.75) is 27.7 Å². The highest BCUT2D eigenvalue weighted by Crippen LogP contribution is 2.37. The van der Waals surface area contributed by atoms with E-state index >= 15 is 0 Å². The number of aryl methyl sites for hydroxylation is 4. The Labute approximate surface area is 126 Å². The Balaban J connectivity index is 2.06. The Morgan fingerprint density at radius 2 is 1.70 bits per heavy atom. The van der Waals surface area contributed by atoms with Crippen molar-refractivity contribution in [3.8, 4) is 0 Å². The van der Waals surface area contributed by atoms with Crippen LogP contribution in [-0.4, -0.2) is 0 Å². The second-order valence-corrected chi connectivity index (χ2v) is 7.78. The number of nitrogens with zero attached hydrogens (tertiary/aromatic N) is 1. The average molecular weight is 308 g/mol. The van der Waals surface area contributed by atoms with Crippen LogP contribution < -0.4 is 10.3 Å². The maximum atomic E-state index is 11.7. The van der Waals surface area contributed by atoms with Crippen molar-refractivity contribution in [3.05, 3.63) is 48.6 Å². The Morgan fingerprint density at radius 3 is 2.25 bits per heavy atom. The monoisotopic (exact) mass is 308 g/mol. The number of hydroxylamine groups is 3. The highest BCUT2D eigenvalue weighted by atomic mass is 32.1. The van der Waals surface area contributed by atoms with E-state index in [1.807, 2.05) is 6.92 Å². The Morgan fingerprint density at radius 1 is 1.05 bits per heavy atom. The molecule has 0 amide bonds. The topological polar surface area (TPSA) is 40.0 Å². The molecular formula is C14H16N2O2S2. The Hall–Kier alpha value is -1.18. The number of hydrogen-bond acceptors (Lipinski definition) is 5. The minimum absolute atomic E-state index is 0.313. The summed E-state index contributed by atoms with van der Waals surface area (Å²) in [7, 11) is 0. The molecule has 0 aliphatic carbocycles. The van der Waals surface area contributed by atoms with Crippen molar-refractivity contribution in [2.24, 2.45) is 0 Å². The zero-order chi connectivity index (χ0) is 14.4. The van der Waals surface area contributed by atoms with E-state index in [1.165, 1.54) is 14.6 Å². The molecule has 0 fully saturated rings. The molecule has 2 aromatic rings. The molecule has 1 aliphatic heterocycles. The van der Waals surface area contributed by atoms with E-state index in [2.05, 4.69) is 32.9 Å². The second kappa shape index (κ2) is 4.98. The molecule has 0 bridgehead atoms. The molecule has 4 nitrogen and oxygen atoms in total. The molecular weight excluding hydrogens is 292 g/mol. The number of hydrogen-bond donors (Lipinski definition) is 1. The molecule has 1 N–H and O–H groups in total. The molecule has 3 heterocycles. The molecule has 1 unspecified atom stereocenters. The van der Waals surface area contributed by atoms with Gasteiger partial charge in [0, 0.05) is 25.1 Å². The van der Waals surface area contributed by atoms with Gasteiger partial charge in [0.05, 0.1) is 5.69 Å². The molecule has 1 aliphatic rings. The predicted molar refractivity (Wildman–Crippen MR) is 83.5 cm³/mol. The zero-order valence-electron chi connectivity index (χ0n) is 11.8. The minimum atomic E-state index is -0.313. The molecule has 0 radical (unpaired) electrons. The summed E-state index contributed by atoms with van der Waals surface area (Å²) in [5.41, 5.74) is 2.85. The lowest BCUT2D eigenvalue weighted by molar-refractivity contribution is -1.00. The van der Waals surface area contributed by atoms with Crippen LogP contribution in [0.4, 0.5) is 5.69 Å². The summed E-state index contributed by atoms with van der Waals surface area (Å²) in [6.45, 7) is 8.25. The van der Waals surface area contributed by atoms with E-state index in [-0.39, 0.29) is 5.23 Å². The highest BCUT2D eigenvalue weighted by molar-refractivity contribution is 7.12. The van der Waals surface area contributed by atoms with Crippen LogP contribution in [0.2, 0.25) is 0 Å². The summed E-state index contributed by atoms with van der Waals surface area (Å²) in [6, 6.07) is 4.16. The zero-order valence-corrected chi connectivity index (χ0v) is 13.4. The normalized spacial score (nSPS) is 18.8. The SMILES string of the molecule is Cc1cc(C2=C[NH+]([O-])ON2c2cc(C)sc2C)c(C)s1. The Bertz CT molecular complexity index is 687. The third-order valence-electron chi connectivity index (χ3n) is 3.21. The molecule has 3 rings (SSSR count). The summed E-state index contributed by atoms with van der Waals surface area (Å²) in [5, 5.41) is 13.1. The van der Waals surface area contributed by atoms with Crippen LogP contribution in [0, 0.1) is 32.9 Å². The molecule has 106 valence electrons. The van der Waals surface area contributed by atoms with Gasteiger partial charge >= 0.3 is 0 Å². The van der Waals surface area contributed by atoms with E-state index in [1.54, 1.807) is 33.9 Å². The fourth-order valence-corrected chi connectivity index (χ4v) is 4.24. The van der Waals surface area contributed by atoms with Crippen LogP contribution in [0.1, 0.15) is 25.1 Å². The lowest BCUT2D eigenvalue weighted by Crippen LogP contribution is -3.00. The molecule has 0 aromatic carbocycles. The quantitative estimate of drug-likeness (QED) is 0.867. The van der Waals surface area contributed by atoms with E-state index in [9.17, 15) is 5.21 Å². The van der Waals surface area contributed by atoms with Gasteiger partial charge in [0.2, 0.25) is 0 Å². The number of thiophene rings is 2. The van der Waals surface area contributed by atoms with Gasteiger partial charge in [-0.1, -0.05) is 4.94 Å². The van der Waals surface area contributed by atoms with Gasteiger partial charge in [-0.25, -0.2) is 0 Å². The molecule has 0 spiro atoms. The van der Waals surface area contributed by atoms with Crippen molar-refractivity contribution >= 4 is 34.1 Å².